The van der Waals surface area contributed by atoms with Crippen molar-refractivity contribution in [3.8, 4) is 11.3 Å². The summed E-state index contributed by atoms with van der Waals surface area (Å²) in [5, 5.41) is 17.2. The summed E-state index contributed by atoms with van der Waals surface area (Å²) in [6.07, 6.45) is 3.26. The van der Waals surface area contributed by atoms with E-state index in [4.69, 9.17) is 0 Å². The van der Waals surface area contributed by atoms with Crippen LogP contribution in [-0.4, -0.2) is 31.1 Å². The van der Waals surface area contributed by atoms with Crippen molar-refractivity contribution in [1.82, 2.24) is 20.0 Å². The third-order valence-corrected chi connectivity index (χ3v) is 3.70. The minimum Gasteiger partial charge on any atom is -0.476 e. The average Bonchev–Trinajstić information content (AvgIpc) is 2.95. The maximum Gasteiger partial charge on any atom is 0.358 e. The lowest BCUT2D eigenvalue weighted by atomic mass is 10.1. The first-order valence-electron chi connectivity index (χ1n) is 7.19. The van der Waals surface area contributed by atoms with Crippen LogP contribution in [0.25, 0.3) is 11.3 Å². The van der Waals surface area contributed by atoms with E-state index in [1.165, 1.54) is 0 Å². The fourth-order valence-electron chi connectivity index (χ4n) is 2.49. The van der Waals surface area contributed by atoms with Crippen molar-refractivity contribution in [2.45, 2.75) is 20.4 Å². The zero-order valence-corrected chi connectivity index (χ0v) is 12.9. The molecule has 1 aromatic carbocycles. The van der Waals surface area contributed by atoms with Gasteiger partial charge in [0, 0.05) is 18.0 Å². The van der Waals surface area contributed by atoms with Gasteiger partial charge in [0.2, 0.25) is 0 Å². The van der Waals surface area contributed by atoms with Crippen LogP contribution in [0.4, 0.5) is 0 Å². The van der Waals surface area contributed by atoms with Gasteiger partial charge in [-0.25, -0.2) is 9.48 Å². The Morgan fingerprint density at radius 2 is 2.09 bits per heavy atom. The monoisotopic (exact) mass is 308 g/mol. The van der Waals surface area contributed by atoms with Gasteiger partial charge >= 0.3 is 5.97 Å². The normalized spacial score (nSPS) is 10.7. The number of aryl methyl sites for hydroxylation is 2. The summed E-state index contributed by atoms with van der Waals surface area (Å²) in [6, 6.07) is 9.73. The highest BCUT2D eigenvalue weighted by atomic mass is 16.4. The van der Waals surface area contributed by atoms with Crippen molar-refractivity contribution in [3.05, 3.63) is 65.1 Å². The van der Waals surface area contributed by atoms with Crippen molar-refractivity contribution in [3.63, 3.8) is 0 Å². The number of pyridine rings is 1. The van der Waals surface area contributed by atoms with Crippen LogP contribution >= 0.6 is 0 Å². The molecule has 2 aromatic heterocycles. The van der Waals surface area contributed by atoms with E-state index in [1.807, 2.05) is 26.0 Å². The minimum absolute atomic E-state index is 0.0664. The number of carboxylic acid groups (broad SMARTS) is 1. The molecule has 6 nitrogen and oxygen atoms in total. The SMILES string of the molecule is Cc1ccc(C)c(Cn2nnc(C(=O)O)c2-c2cccnc2)c1. The highest BCUT2D eigenvalue weighted by molar-refractivity contribution is 5.92. The van der Waals surface area contributed by atoms with Gasteiger partial charge in [-0.15, -0.1) is 5.10 Å². The Morgan fingerprint density at radius 3 is 2.78 bits per heavy atom. The first-order valence-corrected chi connectivity index (χ1v) is 7.19. The van der Waals surface area contributed by atoms with E-state index in [9.17, 15) is 9.90 Å². The van der Waals surface area contributed by atoms with Crippen molar-refractivity contribution >= 4 is 5.97 Å². The number of hydrogen-bond acceptors (Lipinski definition) is 4. The van der Waals surface area contributed by atoms with Crippen LogP contribution in [-0.2, 0) is 6.54 Å². The number of carbonyl (C=O) groups is 1. The second-order valence-electron chi connectivity index (χ2n) is 5.42. The summed E-state index contributed by atoms with van der Waals surface area (Å²) in [6.45, 7) is 4.50. The number of carboxylic acids is 1. The average molecular weight is 308 g/mol. The van der Waals surface area contributed by atoms with Crippen molar-refractivity contribution in [2.75, 3.05) is 0 Å². The van der Waals surface area contributed by atoms with E-state index in [0.717, 1.165) is 16.7 Å². The minimum atomic E-state index is -1.10. The van der Waals surface area contributed by atoms with Crippen LogP contribution in [0.15, 0.2) is 42.7 Å². The predicted octanol–water partition coefficient (Wildman–Crippen LogP) is 2.70. The fourth-order valence-corrected chi connectivity index (χ4v) is 2.49. The molecule has 0 aliphatic carbocycles. The largest absolute Gasteiger partial charge is 0.476 e. The maximum atomic E-state index is 11.4. The number of benzene rings is 1. The molecule has 3 rings (SSSR count). The van der Waals surface area contributed by atoms with Crippen LogP contribution in [0, 0.1) is 13.8 Å². The quantitative estimate of drug-likeness (QED) is 0.801. The molecule has 0 atom stereocenters. The molecule has 0 fully saturated rings. The van der Waals surface area contributed by atoms with Gasteiger partial charge in [0.15, 0.2) is 5.69 Å². The fraction of sp³-hybridized carbons (Fsp3) is 0.176. The maximum absolute atomic E-state index is 11.4. The van der Waals surface area contributed by atoms with Crippen LogP contribution in [0.1, 0.15) is 27.2 Å². The van der Waals surface area contributed by atoms with Gasteiger partial charge < -0.3 is 5.11 Å². The van der Waals surface area contributed by atoms with E-state index in [0.29, 0.717) is 17.8 Å². The van der Waals surface area contributed by atoms with Gasteiger partial charge in [0.05, 0.1) is 6.54 Å². The molecule has 23 heavy (non-hydrogen) atoms. The van der Waals surface area contributed by atoms with Crippen LogP contribution in [0.2, 0.25) is 0 Å². The Labute approximate surface area is 133 Å². The molecule has 0 unspecified atom stereocenters. The molecule has 0 amide bonds. The second kappa shape index (κ2) is 6.00. The molecule has 0 saturated heterocycles. The number of aromatic nitrogens is 4. The van der Waals surface area contributed by atoms with Gasteiger partial charge in [0.1, 0.15) is 5.69 Å². The Balaban J connectivity index is 2.10. The van der Waals surface area contributed by atoms with E-state index >= 15 is 0 Å². The predicted molar refractivity (Wildman–Crippen MR) is 85.2 cm³/mol. The Morgan fingerprint density at radius 1 is 1.26 bits per heavy atom. The van der Waals surface area contributed by atoms with Crippen molar-refractivity contribution < 1.29 is 9.90 Å². The standard InChI is InChI=1S/C17H16N4O2/c1-11-5-6-12(2)14(8-11)10-21-16(13-4-3-7-18-9-13)15(17(22)23)19-20-21/h3-9H,10H2,1-2H3,(H,22,23). The highest BCUT2D eigenvalue weighted by Crippen LogP contribution is 2.23. The van der Waals surface area contributed by atoms with E-state index in [-0.39, 0.29) is 5.69 Å². The molecule has 0 bridgehead atoms. The third-order valence-electron chi connectivity index (χ3n) is 3.70. The lowest BCUT2D eigenvalue weighted by Gasteiger charge is -2.10. The van der Waals surface area contributed by atoms with E-state index in [2.05, 4.69) is 21.4 Å². The summed E-state index contributed by atoms with van der Waals surface area (Å²) in [7, 11) is 0. The Kier molecular flexibility index (Phi) is 3.89. The van der Waals surface area contributed by atoms with Gasteiger partial charge in [0.25, 0.3) is 0 Å². The lowest BCUT2D eigenvalue weighted by Crippen LogP contribution is -2.07. The molecule has 2 heterocycles. The van der Waals surface area contributed by atoms with E-state index < -0.39 is 5.97 Å². The van der Waals surface area contributed by atoms with E-state index in [1.54, 1.807) is 29.2 Å². The molecule has 0 saturated carbocycles. The lowest BCUT2D eigenvalue weighted by molar-refractivity contribution is 0.0691. The first-order chi connectivity index (χ1) is 11.1. The topological polar surface area (TPSA) is 80.9 Å². The second-order valence-corrected chi connectivity index (χ2v) is 5.42. The summed E-state index contributed by atoms with van der Waals surface area (Å²) in [5.74, 6) is -1.10. The van der Waals surface area contributed by atoms with Gasteiger partial charge in [-0.1, -0.05) is 29.0 Å². The Bertz CT molecular complexity index is 856. The van der Waals surface area contributed by atoms with Crippen molar-refractivity contribution in [1.29, 1.82) is 0 Å². The number of aromatic carboxylic acids is 1. The summed E-state index contributed by atoms with van der Waals surface area (Å²) in [4.78, 5) is 15.5. The number of hydrogen-bond donors (Lipinski definition) is 1. The molecule has 6 heteroatoms. The summed E-state index contributed by atoms with van der Waals surface area (Å²) >= 11 is 0. The first kappa shape index (κ1) is 14.9. The Hall–Kier alpha value is -3.02. The van der Waals surface area contributed by atoms with Gasteiger partial charge in [-0.2, -0.15) is 0 Å². The zero-order valence-electron chi connectivity index (χ0n) is 12.9. The molecule has 116 valence electrons. The van der Waals surface area contributed by atoms with Crippen LogP contribution in [0.3, 0.4) is 0 Å². The molecular weight excluding hydrogens is 292 g/mol. The third kappa shape index (κ3) is 2.96. The van der Waals surface area contributed by atoms with Crippen molar-refractivity contribution in [2.24, 2.45) is 0 Å². The summed E-state index contributed by atoms with van der Waals surface area (Å²) < 4.78 is 1.61. The molecule has 0 aliphatic rings. The summed E-state index contributed by atoms with van der Waals surface area (Å²) in [5.41, 5.74) is 4.43. The highest BCUT2D eigenvalue weighted by Gasteiger charge is 2.21. The van der Waals surface area contributed by atoms with Crippen LogP contribution < -0.4 is 0 Å². The van der Waals surface area contributed by atoms with Gasteiger partial charge in [-0.05, 0) is 37.1 Å². The molecular formula is C17H16N4O2. The molecule has 0 aliphatic heterocycles. The molecule has 1 N–H and O–H groups in total. The zero-order chi connectivity index (χ0) is 16.4. The number of rotatable bonds is 4. The molecule has 0 radical (unpaired) electrons. The van der Waals surface area contributed by atoms with Crippen LogP contribution in [0.5, 0.6) is 0 Å². The number of nitrogens with zero attached hydrogens (tertiary/aromatic N) is 4. The smallest absolute Gasteiger partial charge is 0.358 e. The molecule has 3 aromatic rings. The van der Waals surface area contributed by atoms with Gasteiger partial charge in [-0.3, -0.25) is 4.98 Å². The molecule has 0 spiro atoms.